The fraction of sp³-hybridized carbons (Fsp3) is 0.529. The van der Waals surface area contributed by atoms with Crippen LogP contribution >= 0.6 is 12.6 Å². The zero-order valence-corrected chi connectivity index (χ0v) is 28.0. The standard InChI is InChI=1S/C34H47N3O6S/c1-21-14-15-24(18-22(21)2)28(37(25-16-17-25)30(39)27(20-44)36-32(41)43-34(6,7)8)29(38)35-26(31(40)42-33(3,4)5)19-23-12-10-9-11-13-23/h9-15,18,25-28,44H,16-17,19-20H2,1-8H3,(H,35,38)(H,36,41). The molecule has 1 saturated carbocycles. The van der Waals surface area contributed by atoms with Crippen LogP contribution in [0.1, 0.15) is 82.7 Å². The van der Waals surface area contributed by atoms with Crippen molar-refractivity contribution in [2.24, 2.45) is 0 Å². The largest absolute Gasteiger partial charge is 0.458 e. The van der Waals surface area contributed by atoms with E-state index >= 15 is 0 Å². The number of hydrogen-bond donors (Lipinski definition) is 3. The Morgan fingerprint density at radius 1 is 0.864 bits per heavy atom. The molecule has 9 nitrogen and oxygen atoms in total. The van der Waals surface area contributed by atoms with Gasteiger partial charge in [-0.15, -0.1) is 0 Å². The minimum atomic E-state index is -1.07. The van der Waals surface area contributed by atoms with E-state index in [-0.39, 0.29) is 18.2 Å². The molecule has 3 amide bonds. The summed E-state index contributed by atoms with van der Waals surface area (Å²) in [5.74, 6) is -1.55. The first-order valence-electron chi connectivity index (χ1n) is 15.1. The third-order valence-electron chi connectivity index (χ3n) is 7.03. The molecule has 0 bridgehead atoms. The fourth-order valence-corrected chi connectivity index (χ4v) is 4.97. The number of nitrogens with zero attached hydrogens (tertiary/aromatic N) is 1. The van der Waals surface area contributed by atoms with Crippen molar-refractivity contribution in [1.29, 1.82) is 0 Å². The lowest BCUT2D eigenvalue weighted by Gasteiger charge is -2.35. The smallest absolute Gasteiger partial charge is 0.408 e. The number of hydrogen-bond acceptors (Lipinski definition) is 7. The highest BCUT2D eigenvalue weighted by Crippen LogP contribution is 2.36. The number of carbonyl (C=O) groups is 4. The van der Waals surface area contributed by atoms with Crippen LogP contribution in [0.5, 0.6) is 0 Å². The quantitative estimate of drug-likeness (QED) is 0.233. The Hall–Kier alpha value is -3.53. The van der Waals surface area contributed by atoms with E-state index in [1.54, 1.807) is 41.5 Å². The summed E-state index contributed by atoms with van der Waals surface area (Å²) in [4.78, 5) is 56.1. The summed E-state index contributed by atoms with van der Waals surface area (Å²) < 4.78 is 11.1. The van der Waals surface area contributed by atoms with E-state index in [4.69, 9.17) is 9.47 Å². The first kappa shape index (κ1) is 35.0. The van der Waals surface area contributed by atoms with Crippen LogP contribution in [-0.2, 0) is 30.3 Å². The Morgan fingerprint density at radius 3 is 2.00 bits per heavy atom. The highest BCUT2D eigenvalue weighted by atomic mass is 32.1. The Kier molecular flexibility index (Phi) is 11.5. The van der Waals surface area contributed by atoms with Crippen molar-refractivity contribution < 1.29 is 28.7 Å². The number of esters is 1. The zero-order chi connectivity index (χ0) is 32.8. The molecule has 10 heteroatoms. The average molecular weight is 626 g/mol. The molecule has 1 fully saturated rings. The van der Waals surface area contributed by atoms with Crippen molar-refractivity contribution in [3.05, 3.63) is 70.8 Å². The molecule has 0 radical (unpaired) electrons. The highest BCUT2D eigenvalue weighted by Gasteiger charge is 2.44. The molecule has 0 saturated heterocycles. The Balaban J connectivity index is 2.02. The summed E-state index contributed by atoms with van der Waals surface area (Å²) in [5.41, 5.74) is 1.90. The van der Waals surface area contributed by atoms with E-state index in [1.165, 1.54) is 4.90 Å². The van der Waals surface area contributed by atoms with Crippen LogP contribution in [0.15, 0.2) is 48.5 Å². The van der Waals surface area contributed by atoms with Gasteiger partial charge in [0.25, 0.3) is 0 Å². The minimum Gasteiger partial charge on any atom is -0.458 e. The summed E-state index contributed by atoms with van der Waals surface area (Å²) >= 11 is 4.36. The van der Waals surface area contributed by atoms with E-state index in [9.17, 15) is 19.2 Å². The maximum Gasteiger partial charge on any atom is 0.408 e. The molecule has 0 spiro atoms. The number of ether oxygens (including phenoxy) is 2. The minimum absolute atomic E-state index is 0.00288. The molecule has 2 aromatic rings. The van der Waals surface area contributed by atoms with Gasteiger partial charge < -0.3 is 25.0 Å². The van der Waals surface area contributed by atoms with Gasteiger partial charge in [-0.2, -0.15) is 12.6 Å². The topological polar surface area (TPSA) is 114 Å². The fourth-order valence-electron chi connectivity index (χ4n) is 4.73. The number of thiol groups is 1. The van der Waals surface area contributed by atoms with Crippen LogP contribution in [0, 0.1) is 13.8 Å². The van der Waals surface area contributed by atoms with E-state index in [2.05, 4.69) is 23.3 Å². The molecule has 0 heterocycles. The van der Waals surface area contributed by atoms with Gasteiger partial charge in [-0.1, -0.05) is 48.5 Å². The lowest BCUT2D eigenvalue weighted by atomic mass is 9.97. The summed E-state index contributed by atoms with van der Waals surface area (Å²) in [6.07, 6.45) is 0.857. The normalized spacial score (nSPS) is 15.4. The summed E-state index contributed by atoms with van der Waals surface area (Å²) in [7, 11) is 0. The molecule has 240 valence electrons. The molecule has 2 aromatic carbocycles. The van der Waals surface area contributed by atoms with Gasteiger partial charge in [-0.05, 0) is 90.5 Å². The molecule has 3 unspecified atom stereocenters. The van der Waals surface area contributed by atoms with Crippen molar-refractivity contribution >= 4 is 36.5 Å². The lowest BCUT2D eigenvalue weighted by molar-refractivity contribution is -0.159. The molecule has 1 aliphatic rings. The summed E-state index contributed by atoms with van der Waals surface area (Å²) in [6.45, 7) is 14.4. The van der Waals surface area contributed by atoms with Gasteiger partial charge in [-0.25, -0.2) is 9.59 Å². The van der Waals surface area contributed by atoms with Crippen molar-refractivity contribution in [3.63, 3.8) is 0 Å². The molecular formula is C34H47N3O6S. The monoisotopic (exact) mass is 625 g/mol. The first-order chi connectivity index (χ1) is 20.5. The second kappa shape index (κ2) is 14.5. The molecule has 0 aromatic heterocycles. The number of rotatable bonds is 11. The van der Waals surface area contributed by atoms with Crippen LogP contribution in [0.2, 0.25) is 0 Å². The number of benzene rings is 2. The number of nitrogens with one attached hydrogen (secondary N) is 2. The summed E-state index contributed by atoms with van der Waals surface area (Å²) in [6, 6.07) is 11.6. The van der Waals surface area contributed by atoms with Gasteiger partial charge in [0.05, 0.1) is 0 Å². The Morgan fingerprint density at radius 2 is 1.48 bits per heavy atom. The van der Waals surface area contributed by atoms with E-state index < -0.39 is 53.2 Å². The molecule has 1 aliphatic carbocycles. The predicted octanol–water partition coefficient (Wildman–Crippen LogP) is 5.23. The van der Waals surface area contributed by atoms with Gasteiger partial charge in [0.15, 0.2) is 0 Å². The number of amides is 3. The summed E-state index contributed by atoms with van der Waals surface area (Å²) in [5, 5.41) is 5.56. The molecule has 3 rings (SSSR count). The molecule has 0 aliphatic heterocycles. The Bertz CT molecular complexity index is 1330. The maximum absolute atomic E-state index is 14.4. The van der Waals surface area contributed by atoms with Crippen LogP contribution in [0.3, 0.4) is 0 Å². The molecule has 3 atom stereocenters. The van der Waals surface area contributed by atoms with Gasteiger partial charge in [-0.3, -0.25) is 9.59 Å². The van der Waals surface area contributed by atoms with Crippen LogP contribution in [0.25, 0.3) is 0 Å². The third-order valence-corrected chi connectivity index (χ3v) is 7.40. The van der Waals surface area contributed by atoms with E-state index in [0.29, 0.717) is 18.4 Å². The molecular weight excluding hydrogens is 578 g/mol. The van der Waals surface area contributed by atoms with Crippen molar-refractivity contribution in [3.8, 4) is 0 Å². The predicted molar refractivity (Wildman–Crippen MR) is 173 cm³/mol. The van der Waals surface area contributed by atoms with Crippen molar-refractivity contribution in [1.82, 2.24) is 15.5 Å². The van der Waals surface area contributed by atoms with Gasteiger partial charge >= 0.3 is 12.1 Å². The van der Waals surface area contributed by atoms with Crippen molar-refractivity contribution in [2.75, 3.05) is 5.75 Å². The second-order valence-corrected chi connectivity index (χ2v) is 13.8. The van der Waals surface area contributed by atoms with Crippen LogP contribution < -0.4 is 10.6 Å². The zero-order valence-electron chi connectivity index (χ0n) is 27.1. The SMILES string of the molecule is Cc1ccc(C(C(=O)NC(Cc2ccccc2)C(=O)OC(C)(C)C)N(C(=O)C(CS)NC(=O)OC(C)(C)C)C2CC2)cc1C. The highest BCUT2D eigenvalue weighted by molar-refractivity contribution is 7.80. The lowest BCUT2D eigenvalue weighted by Crippen LogP contribution is -2.56. The number of alkyl carbamates (subject to hydrolysis) is 1. The van der Waals surface area contributed by atoms with Gasteiger partial charge in [0.2, 0.25) is 11.8 Å². The van der Waals surface area contributed by atoms with Crippen LogP contribution in [0.4, 0.5) is 4.79 Å². The number of carbonyl (C=O) groups excluding carboxylic acids is 4. The average Bonchev–Trinajstić information content (AvgIpc) is 3.75. The van der Waals surface area contributed by atoms with Gasteiger partial charge in [0, 0.05) is 18.2 Å². The van der Waals surface area contributed by atoms with Crippen molar-refractivity contribution in [2.45, 2.75) is 110 Å². The van der Waals surface area contributed by atoms with E-state index in [0.717, 1.165) is 16.7 Å². The maximum atomic E-state index is 14.4. The van der Waals surface area contributed by atoms with Gasteiger partial charge in [0.1, 0.15) is 29.3 Å². The Labute approximate surface area is 266 Å². The molecule has 44 heavy (non-hydrogen) atoms. The van der Waals surface area contributed by atoms with E-state index in [1.807, 2.05) is 62.4 Å². The molecule has 2 N–H and O–H groups in total. The van der Waals surface area contributed by atoms with Crippen LogP contribution in [-0.4, -0.2) is 63.9 Å². The third kappa shape index (κ3) is 10.3. The second-order valence-electron chi connectivity index (χ2n) is 13.4. The number of aryl methyl sites for hydroxylation is 2. The first-order valence-corrected chi connectivity index (χ1v) is 15.7.